The number of benzene rings is 2. The highest BCUT2D eigenvalue weighted by molar-refractivity contribution is 5.89. The van der Waals surface area contributed by atoms with Crippen LogP contribution in [0.5, 0.6) is 0 Å². The van der Waals surface area contributed by atoms with Crippen molar-refractivity contribution >= 4 is 11.6 Å². The molecule has 3 heteroatoms. The monoisotopic (exact) mass is 289 g/mol. The first-order chi connectivity index (χ1) is 10.8. The summed E-state index contributed by atoms with van der Waals surface area (Å²) >= 11 is 0. The van der Waals surface area contributed by atoms with Gasteiger partial charge in [-0.1, -0.05) is 48.5 Å². The van der Waals surface area contributed by atoms with E-state index >= 15 is 0 Å². The minimum atomic E-state index is -0.426. The maximum atomic E-state index is 13.8. The van der Waals surface area contributed by atoms with Gasteiger partial charge < -0.3 is 4.42 Å². The van der Waals surface area contributed by atoms with E-state index in [9.17, 15) is 9.65 Å². The van der Waals surface area contributed by atoms with Gasteiger partial charge in [-0.05, 0) is 24.3 Å². The molecule has 0 saturated heterocycles. The van der Waals surface area contributed by atoms with Crippen molar-refractivity contribution in [2.45, 2.75) is 0 Å². The second-order valence-electron chi connectivity index (χ2n) is 4.72. The van der Waals surface area contributed by atoms with Crippen LogP contribution in [-0.4, -0.2) is 0 Å². The van der Waals surface area contributed by atoms with Gasteiger partial charge in [-0.25, -0.2) is 4.39 Å². The first-order valence-corrected chi connectivity index (χ1v) is 6.80. The van der Waals surface area contributed by atoms with Crippen molar-refractivity contribution in [3.8, 4) is 17.4 Å². The van der Waals surface area contributed by atoms with Crippen molar-refractivity contribution in [1.29, 1.82) is 5.26 Å². The second kappa shape index (κ2) is 6.11. The smallest absolute Gasteiger partial charge is 0.134 e. The third kappa shape index (κ3) is 2.82. The number of nitrogens with zero attached hydrogens (tertiary/aromatic N) is 1. The average molecular weight is 289 g/mol. The predicted molar refractivity (Wildman–Crippen MR) is 84.0 cm³/mol. The molecule has 0 N–H and O–H groups in total. The van der Waals surface area contributed by atoms with E-state index in [1.807, 2.05) is 42.5 Å². The van der Waals surface area contributed by atoms with Crippen LogP contribution in [0.3, 0.4) is 0 Å². The fourth-order valence-corrected chi connectivity index (χ4v) is 2.18. The molecule has 22 heavy (non-hydrogen) atoms. The molecule has 3 aromatic rings. The molecule has 0 bridgehead atoms. The van der Waals surface area contributed by atoms with Gasteiger partial charge in [0.25, 0.3) is 0 Å². The van der Waals surface area contributed by atoms with Crippen LogP contribution in [0.1, 0.15) is 11.3 Å². The molecule has 0 aliphatic carbocycles. The lowest BCUT2D eigenvalue weighted by molar-refractivity contribution is 0.572. The molecule has 106 valence electrons. The summed E-state index contributed by atoms with van der Waals surface area (Å²) < 4.78 is 19.5. The Hall–Kier alpha value is -3.12. The highest BCUT2D eigenvalue weighted by Gasteiger charge is 2.09. The summed E-state index contributed by atoms with van der Waals surface area (Å²) in [7, 11) is 0. The van der Waals surface area contributed by atoms with Gasteiger partial charge in [0.15, 0.2) is 0 Å². The summed E-state index contributed by atoms with van der Waals surface area (Å²) in [5, 5.41) is 9.26. The molecular weight excluding hydrogens is 277 g/mol. The highest BCUT2D eigenvalue weighted by Crippen LogP contribution is 2.25. The standard InChI is InChI=1S/C19H12FNO/c20-18-9-5-4-8-17(18)15(13-21)12-16-10-11-19(22-16)14-6-2-1-3-7-14/h1-12H/b15-12-. The van der Waals surface area contributed by atoms with Crippen LogP contribution in [0.25, 0.3) is 23.0 Å². The third-order valence-electron chi connectivity index (χ3n) is 3.26. The van der Waals surface area contributed by atoms with E-state index in [1.165, 1.54) is 6.07 Å². The minimum Gasteiger partial charge on any atom is -0.457 e. The molecular formula is C19H12FNO. The van der Waals surface area contributed by atoms with Crippen molar-refractivity contribution in [2.75, 3.05) is 0 Å². The molecule has 2 aromatic carbocycles. The predicted octanol–water partition coefficient (Wildman–Crippen LogP) is 5.15. The molecule has 0 saturated carbocycles. The van der Waals surface area contributed by atoms with Crippen LogP contribution in [-0.2, 0) is 0 Å². The van der Waals surface area contributed by atoms with Crippen molar-refractivity contribution in [1.82, 2.24) is 0 Å². The normalized spacial score (nSPS) is 11.2. The quantitative estimate of drug-likeness (QED) is 0.625. The zero-order valence-corrected chi connectivity index (χ0v) is 11.7. The van der Waals surface area contributed by atoms with Crippen LogP contribution < -0.4 is 0 Å². The van der Waals surface area contributed by atoms with Gasteiger partial charge in [0.05, 0.1) is 11.6 Å². The number of hydrogen-bond donors (Lipinski definition) is 0. The van der Waals surface area contributed by atoms with E-state index in [0.29, 0.717) is 11.5 Å². The molecule has 1 heterocycles. The molecule has 0 fully saturated rings. The Balaban J connectivity index is 1.97. The highest BCUT2D eigenvalue weighted by atomic mass is 19.1. The van der Waals surface area contributed by atoms with E-state index in [-0.39, 0.29) is 11.1 Å². The fourth-order valence-electron chi connectivity index (χ4n) is 2.18. The van der Waals surface area contributed by atoms with E-state index in [1.54, 1.807) is 30.3 Å². The molecule has 2 nitrogen and oxygen atoms in total. The lowest BCUT2D eigenvalue weighted by atomic mass is 10.1. The van der Waals surface area contributed by atoms with Crippen LogP contribution in [0.2, 0.25) is 0 Å². The fraction of sp³-hybridized carbons (Fsp3) is 0. The minimum absolute atomic E-state index is 0.229. The summed E-state index contributed by atoms with van der Waals surface area (Å²) in [5.74, 6) is 0.793. The Bertz CT molecular complexity index is 856. The van der Waals surface area contributed by atoms with Crippen LogP contribution >= 0.6 is 0 Å². The number of furan rings is 1. The van der Waals surface area contributed by atoms with Gasteiger partial charge in [0, 0.05) is 11.1 Å². The van der Waals surface area contributed by atoms with Gasteiger partial charge in [-0.15, -0.1) is 0 Å². The van der Waals surface area contributed by atoms with Crippen LogP contribution in [0.15, 0.2) is 71.1 Å². The van der Waals surface area contributed by atoms with Crippen molar-refractivity contribution in [2.24, 2.45) is 0 Å². The number of hydrogen-bond acceptors (Lipinski definition) is 2. The van der Waals surface area contributed by atoms with E-state index in [2.05, 4.69) is 0 Å². The number of allylic oxidation sites excluding steroid dienone is 1. The zero-order valence-electron chi connectivity index (χ0n) is 11.7. The third-order valence-corrected chi connectivity index (χ3v) is 3.26. The summed E-state index contributed by atoms with van der Waals surface area (Å²) in [5.41, 5.74) is 1.45. The Morgan fingerprint density at radius 2 is 1.68 bits per heavy atom. The number of rotatable bonds is 3. The molecule has 0 amide bonds. The van der Waals surface area contributed by atoms with E-state index < -0.39 is 5.82 Å². The molecule has 0 radical (unpaired) electrons. The van der Waals surface area contributed by atoms with E-state index in [4.69, 9.17) is 4.42 Å². The second-order valence-corrected chi connectivity index (χ2v) is 4.72. The molecule has 0 aliphatic heterocycles. The largest absolute Gasteiger partial charge is 0.457 e. The van der Waals surface area contributed by atoms with Crippen LogP contribution in [0, 0.1) is 17.1 Å². The Kier molecular flexibility index (Phi) is 3.84. The Morgan fingerprint density at radius 3 is 2.41 bits per heavy atom. The summed E-state index contributed by atoms with van der Waals surface area (Å²) in [6.45, 7) is 0. The molecule has 1 aromatic heterocycles. The molecule has 0 aliphatic rings. The Labute approximate surface area is 127 Å². The van der Waals surface area contributed by atoms with Gasteiger partial charge in [0.2, 0.25) is 0 Å². The first kappa shape index (κ1) is 13.8. The van der Waals surface area contributed by atoms with Gasteiger partial charge in [0.1, 0.15) is 17.3 Å². The molecule has 3 rings (SSSR count). The average Bonchev–Trinajstić information content (AvgIpc) is 3.03. The molecule has 0 spiro atoms. The van der Waals surface area contributed by atoms with Crippen molar-refractivity contribution in [3.63, 3.8) is 0 Å². The van der Waals surface area contributed by atoms with Crippen LogP contribution in [0.4, 0.5) is 4.39 Å². The SMILES string of the molecule is N#C/C(=C/c1ccc(-c2ccccc2)o1)c1ccccc1F. The Morgan fingerprint density at radius 1 is 0.955 bits per heavy atom. The lowest BCUT2D eigenvalue weighted by Gasteiger charge is -2.00. The van der Waals surface area contributed by atoms with Gasteiger partial charge in [-0.3, -0.25) is 0 Å². The molecule has 0 unspecified atom stereocenters. The van der Waals surface area contributed by atoms with Gasteiger partial charge >= 0.3 is 0 Å². The summed E-state index contributed by atoms with van der Waals surface area (Å²) in [6.07, 6.45) is 1.55. The lowest BCUT2D eigenvalue weighted by Crippen LogP contribution is -1.86. The topological polar surface area (TPSA) is 36.9 Å². The maximum Gasteiger partial charge on any atom is 0.134 e. The zero-order chi connectivity index (χ0) is 15.4. The summed E-state index contributed by atoms with van der Waals surface area (Å²) in [6, 6.07) is 21.5. The number of halogens is 1. The van der Waals surface area contributed by atoms with Gasteiger partial charge in [-0.2, -0.15) is 5.26 Å². The maximum absolute atomic E-state index is 13.8. The van der Waals surface area contributed by atoms with Crippen molar-refractivity contribution < 1.29 is 8.81 Å². The van der Waals surface area contributed by atoms with Crippen molar-refractivity contribution in [3.05, 3.63) is 83.9 Å². The number of nitriles is 1. The first-order valence-electron chi connectivity index (χ1n) is 6.80. The summed E-state index contributed by atoms with van der Waals surface area (Å²) in [4.78, 5) is 0. The van der Waals surface area contributed by atoms with E-state index in [0.717, 1.165) is 5.56 Å². The molecule has 0 atom stereocenters.